The average molecular weight is 173 g/mol. The molecule has 0 amide bonds. The molecule has 0 fully saturated rings. The van der Waals surface area contributed by atoms with Gasteiger partial charge in [0, 0.05) is 5.56 Å². The Morgan fingerprint density at radius 3 is 2.62 bits per heavy atom. The van der Waals surface area contributed by atoms with Crippen LogP contribution in [0.1, 0.15) is 41.3 Å². The molecule has 66 valence electrons. The Morgan fingerprint density at radius 1 is 1.46 bits per heavy atom. The third-order valence-electron chi connectivity index (χ3n) is 1.95. The lowest BCUT2D eigenvalue weighted by atomic mass is 9.96. The largest absolute Gasteiger partial charge is 0.298 e. The second-order valence-corrected chi connectivity index (χ2v) is 3.23. The number of hydrogen-bond acceptors (Lipinski definition) is 2. The highest BCUT2D eigenvalue weighted by Crippen LogP contribution is 2.19. The third kappa shape index (κ3) is 1.94. The van der Waals surface area contributed by atoms with Gasteiger partial charge in [-0.1, -0.05) is 19.9 Å². The van der Waals surface area contributed by atoms with Gasteiger partial charge in [0.25, 0.3) is 0 Å². The summed E-state index contributed by atoms with van der Waals surface area (Å²) in [4.78, 5) is 10.5. The molecular weight excluding hydrogens is 162 g/mol. The number of aldehydes is 1. The van der Waals surface area contributed by atoms with Crippen molar-refractivity contribution in [3.8, 4) is 6.07 Å². The zero-order chi connectivity index (χ0) is 9.84. The van der Waals surface area contributed by atoms with E-state index in [4.69, 9.17) is 5.26 Å². The van der Waals surface area contributed by atoms with Gasteiger partial charge in [0.2, 0.25) is 0 Å². The predicted molar refractivity (Wildman–Crippen MR) is 50.6 cm³/mol. The lowest BCUT2D eigenvalue weighted by Gasteiger charge is -2.07. The monoisotopic (exact) mass is 173 g/mol. The van der Waals surface area contributed by atoms with E-state index in [0.717, 1.165) is 11.8 Å². The third-order valence-corrected chi connectivity index (χ3v) is 1.95. The van der Waals surface area contributed by atoms with Crippen LogP contribution in [0.25, 0.3) is 0 Å². The lowest BCUT2D eigenvalue weighted by molar-refractivity contribution is 0.112. The first-order chi connectivity index (χ1) is 6.19. The van der Waals surface area contributed by atoms with Crippen LogP contribution in [0, 0.1) is 11.3 Å². The average Bonchev–Trinajstić information content (AvgIpc) is 2.16. The Balaban J connectivity index is 3.27. The second kappa shape index (κ2) is 3.86. The predicted octanol–water partition coefficient (Wildman–Crippen LogP) is 2.49. The van der Waals surface area contributed by atoms with Crippen molar-refractivity contribution in [1.29, 1.82) is 5.26 Å². The molecule has 1 rings (SSSR count). The Morgan fingerprint density at radius 2 is 2.15 bits per heavy atom. The maximum atomic E-state index is 10.5. The van der Waals surface area contributed by atoms with E-state index in [-0.39, 0.29) is 5.92 Å². The summed E-state index contributed by atoms with van der Waals surface area (Å²) in [6.07, 6.45) is 0.799. The zero-order valence-corrected chi connectivity index (χ0v) is 7.74. The van der Waals surface area contributed by atoms with Crippen LogP contribution in [0.2, 0.25) is 0 Å². The summed E-state index contributed by atoms with van der Waals surface area (Å²) >= 11 is 0. The van der Waals surface area contributed by atoms with Gasteiger partial charge >= 0.3 is 0 Å². The number of hydrogen-bond donors (Lipinski definition) is 0. The molecule has 0 spiro atoms. The molecule has 13 heavy (non-hydrogen) atoms. The van der Waals surface area contributed by atoms with Crippen LogP contribution in [-0.2, 0) is 0 Å². The quantitative estimate of drug-likeness (QED) is 0.644. The first kappa shape index (κ1) is 9.47. The van der Waals surface area contributed by atoms with E-state index in [9.17, 15) is 4.79 Å². The van der Waals surface area contributed by atoms with Crippen molar-refractivity contribution in [2.75, 3.05) is 0 Å². The number of carbonyl (C=O) groups excluding carboxylic acids is 1. The number of rotatable bonds is 2. The molecule has 0 radical (unpaired) electrons. The molecular formula is C11H11NO. The van der Waals surface area contributed by atoms with Crippen LogP contribution < -0.4 is 0 Å². The minimum Gasteiger partial charge on any atom is -0.298 e. The molecule has 0 aliphatic heterocycles. The number of benzene rings is 1. The van der Waals surface area contributed by atoms with Crippen molar-refractivity contribution in [3.05, 3.63) is 34.9 Å². The van der Waals surface area contributed by atoms with Crippen LogP contribution in [0.5, 0.6) is 0 Å². The van der Waals surface area contributed by atoms with Crippen molar-refractivity contribution in [3.63, 3.8) is 0 Å². The smallest absolute Gasteiger partial charge is 0.150 e. The van der Waals surface area contributed by atoms with Crippen molar-refractivity contribution < 1.29 is 4.79 Å². The second-order valence-electron chi connectivity index (χ2n) is 3.23. The summed E-state index contributed by atoms with van der Waals surface area (Å²) in [6.45, 7) is 4.01. The van der Waals surface area contributed by atoms with Gasteiger partial charge in [0.05, 0.1) is 11.6 Å². The van der Waals surface area contributed by atoms with Gasteiger partial charge in [-0.15, -0.1) is 0 Å². The zero-order valence-electron chi connectivity index (χ0n) is 7.74. The summed E-state index contributed by atoms with van der Waals surface area (Å²) in [5.41, 5.74) is 2.22. The first-order valence-corrected chi connectivity index (χ1v) is 4.18. The molecule has 1 aromatic rings. The highest BCUT2D eigenvalue weighted by Gasteiger charge is 2.06. The van der Waals surface area contributed by atoms with E-state index in [2.05, 4.69) is 6.07 Å². The Kier molecular flexibility index (Phi) is 2.81. The lowest BCUT2D eigenvalue weighted by Crippen LogP contribution is -1.94. The summed E-state index contributed by atoms with van der Waals surface area (Å²) in [7, 11) is 0. The molecule has 0 aliphatic rings. The molecule has 0 N–H and O–H groups in total. The number of nitrogens with zero attached hydrogens (tertiary/aromatic N) is 1. The van der Waals surface area contributed by atoms with E-state index in [1.54, 1.807) is 18.2 Å². The molecule has 0 saturated heterocycles. The maximum absolute atomic E-state index is 10.5. The van der Waals surface area contributed by atoms with Crippen molar-refractivity contribution in [2.24, 2.45) is 0 Å². The van der Waals surface area contributed by atoms with Gasteiger partial charge in [-0.25, -0.2) is 0 Å². The van der Waals surface area contributed by atoms with Gasteiger partial charge < -0.3 is 0 Å². The molecule has 0 aromatic heterocycles. The molecule has 0 heterocycles. The molecule has 0 atom stereocenters. The van der Waals surface area contributed by atoms with Crippen molar-refractivity contribution >= 4 is 6.29 Å². The molecule has 1 aromatic carbocycles. The Bertz CT molecular complexity index is 361. The molecule has 0 aliphatic carbocycles. The fourth-order valence-corrected chi connectivity index (χ4v) is 1.23. The highest BCUT2D eigenvalue weighted by molar-refractivity contribution is 5.75. The minimum atomic E-state index is 0.273. The van der Waals surface area contributed by atoms with Crippen molar-refractivity contribution in [2.45, 2.75) is 19.8 Å². The fourth-order valence-electron chi connectivity index (χ4n) is 1.23. The molecule has 0 unspecified atom stereocenters. The van der Waals surface area contributed by atoms with Gasteiger partial charge in [0.1, 0.15) is 6.29 Å². The van der Waals surface area contributed by atoms with Crippen molar-refractivity contribution in [1.82, 2.24) is 0 Å². The van der Waals surface area contributed by atoms with Crippen LogP contribution in [0.3, 0.4) is 0 Å². The normalized spacial score (nSPS) is 9.69. The molecule has 2 nitrogen and oxygen atoms in total. The van der Waals surface area contributed by atoms with Gasteiger partial charge in [-0.3, -0.25) is 4.79 Å². The number of nitriles is 1. The van der Waals surface area contributed by atoms with Crippen LogP contribution in [-0.4, -0.2) is 6.29 Å². The standard InChI is InChI=1S/C11H11NO/c1-8(2)11-5-9(7-13)3-4-10(11)6-12/h3-5,7-8H,1-2H3. The topological polar surface area (TPSA) is 40.9 Å². The van der Waals surface area contributed by atoms with Crippen LogP contribution in [0.4, 0.5) is 0 Å². The van der Waals surface area contributed by atoms with Gasteiger partial charge in [0.15, 0.2) is 0 Å². The summed E-state index contributed by atoms with van der Waals surface area (Å²) < 4.78 is 0. The molecule has 0 saturated carbocycles. The van der Waals surface area contributed by atoms with Crippen LogP contribution >= 0.6 is 0 Å². The molecule has 0 bridgehead atoms. The van der Waals surface area contributed by atoms with E-state index in [1.807, 2.05) is 13.8 Å². The number of carbonyl (C=O) groups is 1. The molecule has 2 heteroatoms. The SMILES string of the molecule is CC(C)c1cc(C=O)ccc1C#N. The highest BCUT2D eigenvalue weighted by atomic mass is 16.1. The summed E-state index contributed by atoms with van der Waals surface area (Å²) in [6, 6.07) is 7.24. The van der Waals surface area contributed by atoms with E-state index < -0.39 is 0 Å². The van der Waals surface area contributed by atoms with Crippen LogP contribution in [0.15, 0.2) is 18.2 Å². The van der Waals surface area contributed by atoms with E-state index >= 15 is 0 Å². The Labute approximate surface area is 77.8 Å². The maximum Gasteiger partial charge on any atom is 0.150 e. The van der Waals surface area contributed by atoms with Gasteiger partial charge in [-0.2, -0.15) is 5.26 Å². The first-order valence-electron chi connectivity index (χ1n) is 4.18. The van der Waals surface area contributed by atoms with Gasteiger partial charge in [-0.05, 0) is 23.6 Å². The fraction of sp³-hybridized carbons (Fsp3) is 0.273. The Hall–Kier alpha value is -1.62. The van der Waals surface area contributed by atoms with E-state index in [0.29, 0.717) is 11.1 Å². The summed E-state index contributed by atoms with van der Waals surface area (Å²) in [5, 5.41) is 8.79. The minimum absolute atomic E-state index is 0.273. The summed E-state index contributed by atoms with van der Waals surface area (Å²) in [5.74, 6) is 0.273. The van der Waals surface area contributed by atoms with E-state index in [1.165, 1.54) is 0 Å².